The Balaban J connectivity index is 1.69. The van der Waals surface area contributed by atoms with Gasteiger partial charge in [-0.15, -0.1) is 11.3 Å². The Morgan fingerprint density at radius 2 is 1.83 bits per heavy atom. The van der Waals surface area contributed by atoms with Crippen molar-refractivity contribution in [2.24, 2.45) is 0 Å². The van der Waals surface area contributed by atoms with Crippen LogP contribution in [-0.2, 0) is 25.7 Å². The second-order valence-corrected chi connectivity index (χ2v) is 9.11. The number of aryl methyl sites for hydroxylation is 4. The largest absolute Gasteiger partial charge is 0.490 e. The van der Waals surface area contributed by atoms with E-state index in [4.69, 9.17) is 9.84 Å². The van der Waals surface area contributed by atoms with E-state index in [2.05, 4.69) is 19.1 Å². The van der Waals surface area contributed by atoms with Crippen LogP contribution in [0.5, 0.6) is 5.75 Å². The predicted molar refractivity (Wildman–Crippen MR) is 117 cm³/mol. The highest BCUT2D eigenvalue weighted by Crippen LogP contribution is 2.36. The van der Waals surface area contributed by atoms with Gasteiger partial charge < -0.3 is 14.9 Å². The zero-order chi connectivity index (χ0) is 21.0. The van der Waals surface area contributed by atoms with Crippen LogP contribution in [0.25, 0.3) is 0 Å². The third-order valence-corrected chi connectivity index (χ3v) is 7.13. The number of fused-ring (bicyclic) bond motifs is 1. The first kappa shape index (κ1) is 22.0. The molecule has 0 aliphatic heterocycles. The summed E-state index contributed by atoms with van der Waals surface area (Å²) in [4.78, 5) is 15.4. The summed E-state index contributed by atoms with van der Waals surface area (Å²) in [5.41, 5.74) is 5.90. The van der Waals surface area contributed by atoms with E-state index in [1.54, 1.807) is 11.3 Å². The third kappa shape index (κ3) is 5.08. The van der Waals surface area contributed by atoms with E-state index in [1.165, 1.54) is 28.8 Å². The zero-order valence-electron chi connectivity index (χ0n) is 17.7. The van der Waals surface area contributed by atoms with Gasteiger partial charge in [0, 0.05) is 11.3 Å². The van der Waals surface area contributed by atoms with Crippen LogP contribution in [0.15, 0.2) is 12.1 Å². The first-order chi connectivity index (χ1) is 13.9. The third-order valence-electron chi connectivity index (χ3n) is 5.67. The van der Waals surface area contributed by atoms with Gasteiger partial charge in [0.1, 0.15) is 18.5 Å². The summed E-state index contributed by atoms with van der Waals surface area (Å²) in [6.45, 7) is 5.89. The van der Waals surface area contributed by atoms with Gasteiger partial charge in [-0.1, -0.05) is 19.1 Å². The fourth-order valence-corrected chi connectivity index (χ4v) is 5.54. The van der Waals surface area contributed by atoms with E-state index >= 15 is 0 Å². The Kier molecular flexibility index (Phi) is 7.49. The van der Waals surface area contributed by atoms with Crippen molar-refractivity contribution in [3.8, 4) is 5.75 Å². The maximum Gasteiger partial charge on any atom is 0.173 e. The highest BCUT2D eigenvalue weighted by molar-refractivity contribution is 7.14. The molecule has 0 unspecified atom stereocenters. The number of carbonyl (C=O) groups is 1. The molecule has 29 heavy (non-hydrogen) atoms. The first-order valence-electron chi connectivity index (χ1n) is 10.6. The first-order valence-corrected chi connectivity index (χ1v) is 11.4. The molecular formula is C24H32O4S. The van der Waals surface area contributed by atoms with Gasteiger partial charge in [0.2, 0.25) is 0 Å². The Bertz CT molecular complexity index is 845. The van der Waals surface area contributed by atoms with Crippen LogP contribution < -0.4 is 4.74 Å². The van der Waals surface area contributed by atoms with Crippen molar-refractivity contribution in [2.75, 3.05) is 13.2 Å². The van der Waals surface area contributed by atoms with E-state index in [1.807, 2.05) is 13.8 Å². The lowest BCUT2D eigenvalue weighted by atomic mass is 9.90. The molecule has 0 spiro atoms. The topological polar surface area (TPSA) is 66.8 Å². The number of carbonyl (C=O) groups excluding carboxylic acids is 1. The lowest BCUT2D eigenvalue weighted by Gasteiger charge is -2.16. The zero-order valence-corrected chi connectivity index (χ0v) is 18.5. The minimum absolute atomic E-state index is 0.0687. The molecule has 2 N–H and O–H groups in total. The summed E-state index contributed by atoms with van der Waals surface area (Å²) in [7, 11) is 0. The monoisotopic (exact) mass is 416 g/mol. The predicted octanol–water partition coefficient (Wildman–Crippen LogP) is 4.35. The minimum atomic E-state index is -0.879. The van der Waals surface area contributed by atoms with Crippen LogP contribution in [0.1, 0.15) is 68.6 Å². The molecule has 0 bridgehead atoms. The SMILES string of the molecule is CCc1sc(C(=O)CCc2cc(C)c(OC[C@@H](O)CO)c(C)c2)c2c1CCCC2. The van der Waals surface area contributed by atoms with E-state index in [0.29, 0.717) is 12.8 Å². The van der Waals surface area contributed by atoms with Crippen molar-refractivity contribution in [1.29, 1.82) is 0 Å². The van der Waals surface area contributed by atoms with Gasteiger partial charge in [-0.05, 0) is 80.2 Å². The van der Waals surface area contributed by atoms with Gasteiger partial charge in [-0.3, -0.25) is 4.79 Å². The molecule has 0 radical (unpaired) electrons. The Morgan fingerprint density at radius 3 is 2.45 bits per heavy atom. The van der Waals surface area contributed by atoms with Gasteiger partial charge in [0.15, 0.2) is 5.78 Å². The second-order valence-electron chi connectivity index (χ2n) is 8.00. The Labute approximate surface area is 177 Å². The van der Waals surface area contributed by atoms with Crippen molar-refractivity contribution < 1.29 is 19.7 Å². The van der Waals surface area contributed by atoms with Crippen molar-refractivity contribution >= 4 is 17.1 Å². The maximum absolute atomic E-state index is 13.0. The number of thiophene rings is 1. The Hall–Kier alpha value is -1.69. The molecule has 1 aromatic heterocycles. The number of hydrogen-bond donors (Lipinski definition) is 2. The van der Waals surface area contributed by atoms with Gasteiger partial charge in [0.05, 0.1) is 11.5 Å². The molecule has 0 saturated carbocycles. The van der Waals surface area contributed by atoms with Gasteiger partial charge in [-0.2, -0.15) is 0 Å². The minimum Gasteiger partial charge on any atom is -0.490 e. The van der Waals surface area contributed by atoms with Crippen LogP contribution in [0.2, 0.25) is 0 Å². The van der Waals surface area contributed by atoms with E-state index in [0.717, 1.165) is 46.6 Å². The number of hydrogen-bond acceptors (Lipinski definition) is 5. The summed E-state index contributed by atoms with van der Waals surface area (Å²) < 4.78 is 5.67. The van der Waals surface area contributed by atoms with E-state index in [9.17, 15) is 9.90 Å². The molecule has 1 heterocycles. The molecule has 0 fully saturated rings. The molecule has 0 amide bonds. The lowest BCUT2D eigenvalue weighted by molar-refractivity contribution is 0.0531. The van der Waals surface area contributed by atoms with Gasteiger partial charge in [0.25, 0.3) is 0 Å². The fraction of sp³-hybridized carbons (Fsp3) is 0.542. The van der Waals surface area contributed by atoms with Crippen LogP contribution in [0.3, 0.4) is 0 Å². The van der Waals surface area contributed by atoms with Crippen LogP contribution >= 0.6 is 11.3 Å². The maximum atomic E-state index is 13.0. The van der Waals surface area contributed by atoms with Gasteiger partial charge in [-0.25, -0.2) is 0 Å². The van der Waals surface area contributed by atoms with Crippen molar-refractivity contribution in [3.63, 3.8) is 0 Å². The van der Waals surface area contributed by atoms with Crippen molar-refractivity contribution in [2.45, 2.75) is 71.8 Å². The highest BCUT2D eigenvalue weighted by Gasteiger charge is 2.23. The molecule has 4 nitrogen and oxygen atoms in total. The van der Waals surface area contributed by atoms with Crippen LogP contribution in [0, 0.1) is 13.8 Å². The number of ether oxygens (including phenoxy) is 1. The Morgan fingerprint density at radius 1 is 1.17 bits per heavy atom. The summed E-state index contributed by atoms with van der Waals surface area (Å²) in [6, 6.07) is 4.12. The molecule has 1 aliphatic carbocycles. The van der Waals surface area contributed by atoms with E-state index < -0.39 is 6.10 Å². The summed E-state index contributed by atoms with van der Waals surface area (Å²) in [6.07, 6.45) is 6.00. The standard InChI is InChI=1S/C24H32O4S/c1-4-22-19-7-5-6-8-20(19)24(29-22)21(27)10-9-17-11-15(2)23(16(3)12-17)28-14-18(26)13-25/h11-12,18,25-26H,4-10,13-14H2,1-3H3/t18-/m0/s1. The molecular weight excluding hydrogens is 384 g/mol. The number of benzene rings is 1. The number of Topliss-reactive ketones (excluding diaryl/α,β-unsaturated/α-hetero) is 1. The average molecular weight is 417 g/mol. The number of rotatable bonds is 9. The van der Waals surface area contributed by atoms with Crippen molar-refractivity contribution in [1.82, 2.24) is 0 Å². The van der Waals surface area contributed by atoms with Crippen LogP contribution in [0.4, 0.5) is 0 Å². The normalized spacial score (nSPS) is 14.5. The smallest absolute Gasteiger partial charge is 0.173 e. The molecule has 5 heteroatoms. The molecule has 1 aromatic carbocycles. The molecule has 3 rings (SSSR count). The van der Waals surface area contributed by atoms with E-state index in [-0.39, 0.29) is 19.0 Å². The summed E-state index contributed by atoms with van der Waals surface area (Å²) in [5.74, 6) is 1.02. The second kappa shape index (κ2) is 9.88. The number of ketones is 1. The molecule has 158 valence electrons. The summed E-state index contributed by atoms with van der Waals surface area (Å²) in [5, 5.41) is 18.4. The average Bonchev–Trinajstić information content (AvgIpc) is 3.10. The van der Waals surface area contributed by atoms with Gasteiger partial charge >= 0.3 is 0 Å². The molecule has 0 saturated heterocycles. The lowest BCUT2D eigenvalue weighted by Crippen LogP contribution is -2.21. The molecule has 2 aromatic rings. The summed E-state index contributed by atoms with van der Waals surface area (Å²) >= 11 is 1.73. The molecule has 1 atom stereocenters. The van der Waals surface area contributed by atoms with Crippen LogP contribution in [-0.4, -0.2) is 35.3 Å². The quantitative estimate of drug-likeness (QED) is 0.596. The number of aliphatic hydroxyl groups is 2. The molecule has 1 aliphatic rings. The fourth-order valence-electron chi connectivity index (χ4n) is 4.24. The number of aliphatic hydroxyl groups excluding tert-OH is 2. The van der Waals surface area contributed by atoms with Crippen molar-refractivity contribution in [3.05, 3.63) is 49.7 Å². The highest BCUT2D eigenvalue weighted by atomic mass is 32.1.